The maximum atomic E-state index is 12.7. The highest BCUT2D eigenvalue weighted by Crippen LogP contribution is 2.44. The van der Waals surface area contributed by atoms with Crippen LogP contribution in [0.3, 0.4) is 0 Å². The van der Waals surface area contributed by atoms with Gasteiger partial charge in [-0.05, 0) is 50.9 Å². The SMILES string of the molecule is CC/C=C\CC(O)/C=C/C=C/C/C=C\C/C=C\C/C=C\CCC(=O)OC[C@H](COP(=O)(O)OC[C@@H](O)COP(=O)(O)O)OC(=O)CCCCCCCCCCCCCCCCCCCCC(C)CC. The van der Waals surface area contributed by atoms with Crippen LogP contribution >= 0.6 is 15.6 Å². The lowest BCUT2D eigenvalue weighted by Crippen LogP contribution is -2.29. The first-order valence-corrected chi connectivity index (χ1v) is 29.2. The molecule has 400 valence electrons. The van der Waals surface area contributed by atoms with Crippen LogP contribution in [0.1, 0.15) is 201 Å². The Bertz CT molecular complexity index is 1520. The van der Waals surface area contributed by atoms with Gasteiger partial charge in [-0.1, -0.05) is 216 Å². The van der Waals surface area contributed by atoms with Crippen LogP contribution < -0.4 is 0 Å². The quantitative estimate of drug-likeness (QED) is 0.0126. The van der Waals surface area contributed by atoms with E-state index in [0.717, 1.165) is 44.4 Å². The number of unbranched alkanes of at least 4 members (excludes halogenated alkanes) is 17. The number of aliphatic hydroxyl groups excluding tert-OH is 2. The van der Waals surface area contributed by atoms with Crippen LogP contribution in [-0.4, -0.2) is 81.6 Å². The van der Waals surface area contributed by atoms with E-state index >= 15 is 0 Å². The number of carbonyl (C=O) groups is 2. The summed E-state index contributed by atoms with van der Waals surface area (Å²) in [7, 11) is -9.72. The minimum Gasteiger partial charge on any atom is -0.462 e. The molecule has 0 aromatic rings. The molecule has 0 spiro atoms. The highest BCUT2D eigenvalue weighted by Gasteiger charge is 2.28. The van der Waals surface area contributed by atoms with Crippen LogP contribution in [0.4, 0.5) is 0 Å². The minimum atomic E-state index is -4.88. The Labute approximate surface area is 417 Å². The Hall–Kier alpha value is -2.48. The molecule has 0 radical (unpaired) electrons. The fourth-order valence-electron chi connectivity index (χ4n) is 6.91. The van der Waals surface area contributed by atoms with Gasteiger partial charge < -0.3 is 34.4 Å². The Morgan fingerprint density at radius 2 is 1.03 bits per heavy atom. The molecule has 0 aliphatic carbocycles. The van der Waals surface area contributed by atoms with E-state index < -0.39 is 72.3 Å². The van der Waals surface area contributed by atoms with Crippen LogP contribution in [0.15, 0.2) is 72.9 Å². The fourth-order valence-corrected chi connectivity index (χ4v) is 8.06. The summed E-state index contributed by atoms with van der Waals surface area (Å²) in [6, 6.07) is 0. The van der Waals surface area contributed by atoms with Crippen LogP contribution in [0.25, 0.3) is 0 Å². The molecular formula is C53H94O14P2. The Morgan fingerprint density at radius 1 is 0.536 bits per heavy atom. The van der Waals surface area contributed by atoms with Crippen molar-refractivity contribution in [3.05, 3.63) is 72.9 Å². The first-order chi connectivity index (χ1) is 33.2. The lowest BCUT2D eigenvalue weighted by atomic mass is 9.99. The molecule has 5 atom stereocenters. The molecule has 5 N–H and O–H groups in total. The third-order valence-electron chi connectivity index (χ3n) is 11.2. The number of hydrogen-bond acceptors (Lipinski definition) is 11. The number of hydrogen-bond donors (Lipinski definition) is 5. The number of aliphatic hydroxyl groups is 2. The van der Waals surface area contributed by atoms with Crippen LogP contribution in [-0.2, 0) is 41.8 Å². The predicted molar refractivity (Wildman–Crippen MR) is 277 cm³/mol. The van der Waals surface area contributed by atoms with Gasteiger partial charge in [-0.25, -0.2) is 9.13 Å². The topological polar surface area (TPSA) is 216 Å². The molecule has 0 aromatic carbocycles. The lowest BCUT2D eigenvalue weighted by molar-refractivity contribution is -0.161. The van der Waals surface area contributed by atoms with Gasteiger partial charge in [-0.3, -0.25) is 23.2 Å². The van der Waals surface area contributed by atoms with Gasteiger partial charge in [0.15, 0.2) is 6.10 Å². The third-order valence-corrected chi connectivity index (χ3v) is 12.7. The van der Waals surface area contributed by atoms with E-state index in [1.54, 1.807) is 6.08 Å². The van der Waals surface area contributed by atoms with Crippen molar-refractivity contribution in [1.29, 1.82) is 0 Å². The summed E-state index contributed by atoms with van der Waals surface area (Å²) in [4.78, 5) is 52.9. The predicted octanol–water partition coefficient (Wildman–Crippen LogP) is 13.3. The maximum absolute atomic E-state index is 12.7. The second-order valence-corrected chi connectivity index (χ2v) is 20.6. The Balaban J connectivity index is 4.51. The van der Waals surface area contributed by atoms with E-state index in [9.17, 15) is 33.8 Å². The van der Waals surface area contributed by atoms with Crippen molar-refractivity contribution in [3.8, 4) is 0 Å². The van der Waals surface area contributed by atoms with Crippen molar-refractivity contribution in [2.24, 2.45) is 5.92 Å². The van der Waals surface area contributed by atoms with E-state index in [1.807, 2.05) is 54.7 Å². The molecule has 16 heteroatoms. The smallest absolute Gasteiger partial charge is 0.462 e. The van der Waals surface area contributed by atoms with Crippen molar-refractivity contribution in [1.82, 2.24) is 0 Å². The molecule has 0 bridgehead atoms. The lowest BCUT2D eigenvalue weighted by Gasteiger charge is -2.20. The Morgan fingerprint density at radius 3 is 1.57 bits per heavy atom. The maximum Gasteiger partial charge on any atom is 0.472 e. The number of rotatable bonds is 48. The molecule has 3 unspecified atom stereocenters. The number of esters is 2. The summed E-state index contributed by atoms with van der Waals surface area (Å²) in [5, 5.41) is 19.6. The summed E-state index contributed by atoms with van der Waals surface area (Å²) in [5.74, 6) is -0.270. The summed E-state index contributed by atoms with van der Waals surface area (Å²) in [6.07, 6.45) is 49.4. The zero-order chi connectivity index (χ0) is 51.1. The fraction of sp³-hybridized carbons (Fsp3) is 0.736. The molecule has 0 saturated heterocycles. The number of phosphoric acid groups is 2. The molecule has 0 aliphatic rings. The number of allylic oxidation sites excluding steroid dienone is 10. The standard InChI is InChI=1S/C53H94O14P2/c1-4-6-34-40-49(54)41-36-31-27-23-19-15-13-17-20-24-28-32-37-42-52(56)63-46-51(47-66-69(61,62)65-45-50(55)44-64-68(58,59)60)67-53(57)43-38-33-29-25-21-16-12-10-8-7-9-11-14-18-22-26-30-35-39-48(3)5-2/h6,15,17,19-20,27-28,31-32,34,36,41,48-51,54-55H,4-5,7-14,16,18,21-26,29-30,33,35,37-40,42-47H2,1-3H3,(H,61,62)(H2,58,59,60)/b19-15-,20-17-,31-27+,32-28-,34-6-,41-36+/t48?,49?,50-,51+/m0/s1. The normalized spacial score (nSPS) is 15.3. The van der Waals surface area contributed by atoms with Gasteiger partial charge in [0, 0.05) is 12.8 Å². The van der Waals surface area contributed by atoms with E-state index in [4.69, 9.17) is 28.3 Å². The summed E-state index contributed by atoms with van der Waals surface area (Å²) >= 11 is 0. The highest BCUT2D eigenvalue weighted by molar-refractivity contribution is 7.47. The van der Waals surface area contributed by atoms with Crippen molar-refractivity contribution in [2.45, 2.75) is 219 Å². The second kappa shape index (κ2) is 46.6. The van der Waals surface area contributed by atoms with Crippen molar-refractivity contribution < 1.29 is 66.7 Å². The average Bonchev–Trinajstić information content (AvgIpc) is 3.31. The monoisotopic (exact) mass is 1020 g/mol. The molecule has 69 heavy (non-hydrogen) atoms. The molecule has 0 saturated carbocycles. The number of ether oxygens (including phenoxy) is 2. The van der Waals surface area contributed by atoms with Crippen LogP contribution in [0, 0.1) is 5.92 Å². The Kier molecular flexibility index (Phi) is 44.9. The summed E-state index contributed by atoms with van der Waals surface area (Å²) in [6.45, 7) is 3.87. The van der Waals surface area contributed by atoms with Crippen molar-refractivity contribution >= 4 is 27.6 Å². The average molecular weight is 1020 g/mol. The molecule has 0 heterocycles. The van der Waals surface area contributed by atoms with Crippen molar-refractivity contribution in [3.63, 3.8) is 0 Å². The van der Waals surface area contributed by atoms with Gasteiger partial charge in [0.1, 0.15) is 12.7 Å². The first kappa shape index (κ1) is 66.5. The van der Waals surface area contributed by atoms with E-state index in [1.165, 1.54) is 103 Å². The number of phosphoric ester groups is 2. The molecule has 0 rings (SSSR count). The largest absolute Gasteiger partial charge is 0.472 e. The molecule has 14 nitrogen and oxygen atoms in total. The highest BCUT2D eigenvalue weighted by atomic mass is 31.2. The minimum absolute atomic E-state index is 0.0529. The van der Waals surface area contributed by atoms with E-state index in [2.05, 4.69) is 37.4 Å². The van der Waals surface area contributed by atoms with Gasteiger partial charge in [0.05, 0.1) is 25.9 Å². The molecule has 0 amide bonds. The van der Waals surface area contributed by atoms with Gasteiger partial charge in [-0.2, -0.15) is 0 Å². The van der Waals surface area contributed by atoms with E-state index in [-0.39, 0.29) is 12.8 Å². The second-order valence-electron chi connectivity index (χ2n) is 17.9. The third kappa shape index (κ3) is 50.3. The zero-order valence-corrected chi connectivity index (χ0v) is 44.5. The summed E-state index contributed by atoms with van der Waals surface area (Å²) < 4.78 is 47.9. The zero-order valence-electron chi connectivity index (χ0n) is 42.7. The van der Waals surface area contributed by atoms with Gasteiger partial charge in [0.2, 0.25) is 0 Å². The summed E-state index contributed by atoms with van der Waals surface area (Å²) in [5.41, 5.74) is 0. The van der Waals surface area contributed by atoms with Crippen molar-refractivity contribution in [2.75, 3.05) is 26.4 Å². The molecular weight excluding hydrogens is 923 g/mol. The number of carbonyl (C=O) groups excluding carboxylic acids is 2. The molecule has 0 aliphatic heterocycles. The van der Waals surface area contributed by atoms with Crippen LogP contribution in [0.2, 0.25) is 0 Å². The van der Waals surface area contributed by atoms with Gasteiger partial charge in [-0.15, -0.1) is 0 Å². The van der Waals surface area contributed by atoms with Gasteiger partial charge >= 0.3 is 27.6 Å². The molecule has 0 fully saturated rings. The first-order valence-electron chi connectivity index (χ1n) is 26.1. The van der Waals surface area contributed by atoms with Gasteiger partial charge in [0.25, 0.3) is 0 Å². The van der Waals surface area contributed by atoms with E-state index in [0.29, 0.717) is 25.7 Å². The van der Waals surface area contributed by atoms with Crippen LogP contribution in [0.5, 0.6) is 0 Å². The molecule has 0 aromatic heterocycles.